The summed E-state index contributed by atoms with van der Waals surface area (Å²) in [5.41, 5.74) is 1.47. The quantitative estimate of drug-likeness (QED) is 0.909. The molecule has 2 heterocycles. The number of nitrogens with zero attached hydrogens (tertiary/aromatic N) is 1. The summed E-state index contributed by atoms with van der Waals surface area (Å²) in [4.78, 5) is 6.51. The van der Waals surface area contributed by atoms with E-state index in [0.29, 0.717) is 11.4 Å². The fourth-order valence-electron chi connectivity index (χ4n) is 1.85. The summed E-state index contributed by atoms with van der Waals surface area (Å²) in [5, 5.41) is 10.4. The number of aromatic nitrogens is 1. The highest BCUT2D eigenvalue weighted by Gasteiger charge is 2.19. The van der Waals surface area contributed by atoms with E-state index in [-0.39, 0.29) is 0 Å². The molecule has 0 radical (unpaired) electrons. The molecule has 0 aromatic carbocycles. The lowest BCUT2D eigenvalue weighted by Gasteiger charge is -2.13. The Morgan fingerprint density at radius 1 is 1.41 bits per heavy atom. The molecule has 0 saturated carbocycles. The van der Waals surface area contributed by atoms with E-state index in [9.17, 15) is 5.11 Å². The zero-order valence-corrected chi connectivity index (χ0v) is 10.9. The highest BCUT2D eigenvalue weighted by molar-refractivity contribution is 7.12. The molecule has 1 N–H and O–H groups in total. The second-order valence-corrected chi connectivity index (χ2v) is 5.32. The van der Waals surface area contributed by atoms with Crippen LogP contribution in [0.25, 0.3) is 0 Å². The molecule has 0 amide bonds. The molecule has 0 aliphatic carbocycles. The van der Waals surface area contributed by atoms with Gasteiger partial charge in [-0.05, 0) is 32.0 Å². The number of aryl methyl sites for hydroxylation is 2. The van der Waals surface area contributed by atoms with Gasteiger partial charge in [-0.15, -0.1) is 11.3 Å². The number of methoxy groups -OCH3 is 1. The van der Waals surface area contributed by atoms with Gasteiger partial charge in [0, 0.05) is 21.5 Å². The van der Waals surface area contributed by atoms with E-state index in [1.807, 2.05) is 19.9 Å². The lowest BCUT2D eigenvalue weighted by Crippen LogP contribution is -2.04. The molecule has 0 aliphatic heterocycles. The van der Waals surface area contributed by atoms with Crippen molar-refractivity contribution in [3.8, 4) is 5.75 Å². The second kappa shape index (κ2) is 4.85. The van der Waals surface area contributed by atoms with Gasteiger partial charge in [0.25, 0.3) is 0 Å². The zero-order chi connectivity index (χ0) is 12.4. The average molecular weight is 249 g/mol. The van der Waals surface area contributed by atoms with Crippen LogP contribution in [0.15, 0.2) is 24.4 Å². The van der Waals surface area contributed by atoms with Crippen molar-refractivity contribution >= 4 is 11.3 Å². The number of rotatable bonds is 3. The first-order chi connectivity index (χ1) is 8.13. The number of aliphatic hydroxyl groups excluding tert-OH is 1. The first kappa shape index (κ1) is 12.1. The Hall–Kier alpha value is -1.39. The van der Waals surface area contributed by atoms with Crippen LogP contribution in [0.2, 0.25) is 0 Å². The Bertz CT molecular complexity index is 522. The summed E-state index contributed by atoms with van der Waals surface area (Å²) >= 11 is 1.68. The summed E-state index contributed by atoms with van der Waals surface area (Å²) < 4.78 is 5.22. The third-order valence-electron chi connectivity index (χ3n) is 2.65. The monoisotopic (exact) mass is 249 g/mol. The zero-order valence-electron chi connectivity index (χ0n) is 10.1. The van der Waals surface area contributed by atoms with E-state index in [4.69, 9.17) is 4.74 Å². The predicted octanol–water partition coefficient (Wildman–Crippen LogP) is 2.85. The summed E-state index contributed by atoms with van der Waals surface area (Å²) in [6.45, 7) is 4.04. The van der Waals surface area contributed by atoms with Crippen LogP contribution in [0, 0.1) is 13.8 Å². The molecule has 1 atom stereocenters. The van der Waals surface area contributed by atoms with Crippen molar-refractivity contribution in [2.45, 2.75) is 20.0 Å². The molecule has 0 fully saturated rings. The molecular weight excluding hydrogens is 234 g/mol. The predicted molar refractivity (Wildman–Crippen MR) is 68.6 cm³/mol. The standard InChI is InChI=1S/C13H15NO2S/c1-8-7-10(9(2)17-8)13(15)12-11(16-3)5-4-6-14-12/h4-7,13,15H,1-3H3. The maximum absolute atomic E-state index is 10.4. The molecule has 17 heavy (non-hydrogen) atoms. The Morgan fingerprint density at radius 2 is 2.18 bits per heavy atom. The largest absolute Gasteiger partial charge is 0.495 e. The van der Waals surface area contributed by atoms with E-state index in [1.54, 1.807) is 36.8 Å². The van der Waals surface area contributed by atoms with E-state index >= 15 is 0 Å². The molecule has 2 aromatic rings. The van der Waals surface area contributed by atoms with E-state index in [0.717, 1.165) is 10.4 Å². The smallest absolute Gasteiger partial charge is 0.143 e. The number of ether oxygens (including phenoxy) is 1. The van der Waals surface area contributed by atoms with Gasteiger partial charge in [-0.2, -0.15) is 0 Å². The minimum absolute atomic E-state index is 0.566. The van der Waals surface area contributed by atoms with Gasteiger partial charge < -0.3 is 9.84 Å². The van der Waals surface area contributed by atoms with E-state index in [2.05, 4.69) is 4.98 Å². The van der Waals surface area contributed by atoms with Gasteiger partial charge in [0.1, 0.15) is 17.5 Å². The van der Waals surface area contributed by atoms with Crippen molar-refractivity contribution in [3.63, 3.8) is 0 Å². The van der Waals surface area contributed by atoms with Crippen LogP contribution >= 0.6 is 11.3 Å². The Labute approximate surface area is 105 Å². The molecule has 0 spiro atoms. The molecule has 90 valence electrons. The molecule has 0 saturated heterocycles. The molecular formula is C13H15NO2S. The molecule has 0 aliphatic rings. The summed E-state index contributed by atoms with van der Waals surface area (Å²) in [5.74, 6) is 0.614. The van der Waals surface area contributed by atoms with Crippen LogP contribution in [0.5, 0.6) is 5.75 Å². The van der Waals surface area contributed by atoms with Gasteiger partial charge in [-0.25, -0.2) is 0 Å². The van der Waals surface area contributed by atoms with Crippen LogP contribution in [0.4, 0.5) is 0 Å². The fourth-order valence-corrected chi connectivity index (χ4v) is 2.81. The van der Waals surface area contributed by atoms with Gasteiger partial charge in [-0.1, -0.05) is 0 Å². The minimum atomic E-state index is -0.726. The highest BCUT2D eigenvalue weighted by atomic mass is 32.1. The Balaban J connectivity index is 2.43. The third-order valence-corrected chi connectivity index (χ3v) is 3.63. The van der Waals surface area contributed by atoms with Crippen molar-refractivity contribution < 1.29 is 9.84 Å². The summed E-state index contributed by atoms with van der Waals surface area (Å²) in [7, 11) is 1.58. The van der Waals surface area contributed by atoms with Crippen LogP contribution in [-0.2, 0) is 0 Å². The van der Waals surface area contributed by atoms with Crippen LogP contribution in [-0.4, -0.2) is 17.2 Å². The molecule has 2 rings (SSSR count). The topological polar surface area (TPSA) is 42.4 Å². The summed E-state index contributed by atoms with van der Waals surface area (Å²) in [6.07, 6.45) is 0.937. The number of hydrogen-bond donors (Lipinski definition) is 1. The van der Waals surface area contributed by atoms with Gasteiger partial charge in [-0.3, -0.25) is 4.98 Å². The maximum Gasteiger partial charge on any atom is 0.143 e. The van der Waals surface area contributed by atoms with Crippen molar-refractivity contribution in [2.75, 3.05) is 7.11 Å². The minimum Gasteiger partial charge on any atom is -0.495 e. The second-order valence-electron chi connectivity index (χ2n) is 3.86. The Morgan fingerprint density at radius 3 is 2.76 bits per heavy atom. The number of pyridine rings is 1. The van der Waals surface area contributed by atoms with Gasteiger partial charge in [0.2, 0.25) is 0 Å². The third kappa shape index (κ3) is 2.33. The number of thiophene rings is 1. The highest BCUT2D eigenvalue weighted by Crippen LogP contribution is 2.33. The first-order valence-electron chi connectivity index (χ1n) is 5.37. The molecule has 3 nitrogen and oxygen atoms in total. The number of aliphatic hydroxyl groups is 1. The summed E-state index contributed by atoms with van der Waals surface area (Å²) in [6, 6.07) is 5.60. The van der Waals surface area contributed by atoms with Gasteiger partial charge in [0.15, 0.2) is 0 Å². The Kier molecular flexibility index (Phi) is 3.45. The molecule has 2 aromatic heterocycles. The lowest BCUT2D eigenvalue weighted by atomic mass is 10.1. The van der Waals surface area contributed by atoms with E-state index < -0.39 is 6.10 Å². The first-order valence-corrected chi connectivity index (χ1v) is 6.19. The van der Waals surface area contributed by atoms with E-state index in [1.165, 1.54) is 4.88 Å². The van der Waals surface area contributed by atoms with Crippen LogP contribution in [0.3, 0.4) is 0 Å². The number of hydrogen-bond acceptors (Lipinski definition) is 4. The maximum atomic E-state index is 10.4. The molecule has 0 bridgehead atoms. The van der Waals surface area contributed by atoms with Crippen molar-refractivity contribution in [1.29, 1.82) is 0 Å². The van der Waals surface area contributed by atoms with Gasteiger partial charge in [0.05, 0.1) is 7.11 Å². The normalized spacial score (nSPS) is 12.5. The fraction of sp³-hybridized carbons (Fsp3) is 0.308. The SMILES string of the molecule is COc1cccnc1C(O)c1cc(C)sc1C. The molecule has 4 heteroatoms. The van der Waals surface area contributed by atoms with Crippen LogP contribution < -0.4 is 4.74 Å². The molecule has 1 unspecified atom stereocenters. The lowest BCUT2D eigenvalue weighted by molar-refractivity contribution is 0.209. The van der Waals surface area contributed by atoms with Crippen LogP contribution in [0.1, 0.15) is 27.1 Å². The van der Waals surface area contributed by atoms with Crippen molar-refractivity contribution in [1.82, 2.24) is 4.98 Å². The van der Waals surface area contributed by atoms with Crippen molar-refractivity contribution in [3.05, 3.63) is 45.4 Å². The average Bonchev–Trinajstić information content (AvgIpc) is 2.67. The van der Waals surface area contributed by atoms with Crippen molar-refractivity contribution in [2.24, 2.45) is 0 Å². The van der Waals surface area contributed by atoms with Gasteiger partial charge >= 0.3 is 0 Å².